The maximum absolute atomic E-state index is 13.0. The van der Waals surface area contributed by atoms with E-state index in [1.165, 1.54) is 18.9 Å². The van der Waals surface area contributed by atoms with Gasteiger partial charge in [-0.25, -0.2) is 0 Å². The Morgan fingerprint density at radius 2 is 1.70 bits per heavy atom. The Bertz CT molecular complexity index is 899. The zero-order chi connectivity index (χ0) is 18.9. The topological polar surface area (TPSA) is 38.9 Å². The molecule has 1 fully saturated rings. The first-order chi connectivity index (χ1) is 13.0. The van der Waals surface area contributed by atoms with Crippen molar-refractivity contribution < 1.29 is 17.7 Å². The maximum Gasteiger partial charge on any atom is 0.416 e. The summed E-state index contributed by atoms with van der Waals surface area (Å²) in [5.41, 5.74) is 0.684. The number of alkyl halides is 3. The standard InChI is InChI=1S/C21H19F3N2O/c22-21(23,24)17-12-6-11-16(13-17)19-25-20(27-26-19)18(15-9-4-5-10-15)14-7-2-1-3-8-14/h1-3,6-8,11-13,15,18H,4-5,9-10H2/t18-/m0/s1. The quantitative estimate of drug-likeness (QED) is 0.557. The highest BCUT2D eigenvalue weighted by Crippen LogP contribution is 2.41. The highest BCUT2D eigenvalue weighted by atomic mass is 19.4. The Kier molecular flexibility index (Phi) is 4.72. The average molecular weight is 372 g/mol. The van der Waals surface area contributed by atoms with Gasteiger partial charge in [-0.1, -0.05) is 60.5 Å². The molecule has 0 N–H and O–H groups in total. The lowest BCUT2D eigenvalue weighted by atomic mass is 9.85. The lowest BCUT2D eigenvalue weighted by Crippen LogP contribution is -2.12. The normalized spacial score (nSPS) is 16.6. The average Bonchev–Trinajstić information content (AvgIpc) is 3.35. The Labute approximate surface area is 155 Å². The molecular formula is C21H19F3N2O. The summed E-state index contributed by atoms with van der Waals surface area (Å²) in [6.07, 6.45) is 0.103. The molecule has 3 nitrogen and oxygen atoms in total. The van der Waals surface area contributed by atoms with Crippen molar-refractivity contribution in [3.63, 3.8) is 0 Å². The highest BCUT2D eigenvalue weighted by Gasteiger charge is 2.33. The van der Waals surface area contributed by atoms with Crippen molar-refractivity contribution in [3.05, 3.63) is 71.6 Å². The maximum atomic E-state index is 13.0. The van der Waals surface area contributed by atoms with Crippen LogP contribution in [0.4, 0.5) is 13.2 Å². The number of rotatable bonds is 4. The molecule has 1 atom stereocenters. The molecule has 1 saturated carbocycles. The summed E-state index contributed by atoms with van der Waals surface area (Å²) in [4.78, 5) is 4.48. The summed E-state index contributed by atoms with van der Waals surface area (Å²) < 4.78 is 44.5. The van der Waals surface area contributed by atoms with Crippen LogP contribution in [-0.4, -0.2) is 10.1 Å². The van der Waals surface area contributed by atoms with Gasteiger partial charge in [0.05, 0.1) is 11.5 Å². The summed E-state index contributed by atoms with van der Waals surface area (Å²) in [5.74, 6) is 1.04. The Hall–Kier alpha value is -2.63. The van der Waals surface area contributed by atoms with Gasteiger partial charge in [0, 0.05) is 5.56 Å². The molecule has 6 heteroatoms. The number of hydrogen-bond donors (Lipinski definition) is 0. The van der Waals surface area contributed by atoms with Gasteiger partial charge in [-0.3, -0.25) is 0 Å². The van der Waals surface area contributed by atoms with E-state index in [0.29, 0.717) is 17.4 Å². The van der Waals surface area contributed by atoms with E-state index in [4.69, 9.17) is 4.52 Å². The largest absolute Gasteiger partial charge is 0.416 e. The summed E-state index contributed by atoms with van der Waals surface area (Å²) in [5, 5.41) is 3.97. The minimum Gasteiger partial charge on any atom is -0.338 e. The molecule has 3 aromatic rings. The monoisotopic (exact) mass is 372 g/mol. The fourth-order valence-electron chi connectivity index (χ4n) is 3.88. The van der Waals surface area contributed by atoms with Crippen molar-refractivity contribution in [2.75, 3.05) is 0 Å². The zero-order valence-electron chi connectivity index (χ0n) is 14.6. The second-order valence-corrected chi connectivity index (χ2v) is 6.97. The molecule has 0 amide bonds. The number of benzene rings is 2. The zero-order valence-corrected chi connectivity index (χ0v) is 14.6. The van der Waals surface area contributed by atoms with Crippen LogP contribution in [0.15, 0.2) is 59.1 Å². The fraction of sp³-hybridized carbons (Fsp3) is 0.333. The van der Waals surface area contributed by atoms with Crippen LogP contribution >= 0.6 is 0 Å². The Morgan fingerprint density at radius 1 is 0.963 bits per heavy atom. The van der Waals surface area contributed by atoms with Crippen LogP contribution in [0.2, 0.25) is 0 Å². The molecular weight excluding hydrogens is 353 g/mol. The van der Waals surface area contributed by atoms with Gasteiger partial charge in [0.1, 0.15) is 0 Å². The number of aromatic nitrogens is 2. The molecule has 1 aliphatic rings. The Morgan fingerprint density at radius 3 is 2.41 bits per heavy atom. The van der Waals surface area contributed by atoms with Crippen molar-refractivity contribution in [2.24, 2.45) is 5.92 Å². The predicted octanol–water partition coefficient (Wildman–Crippen LogP) is 6.08. The lowest BCUT2D eigenvalue weighted by Gasteiger charge is -2.20. The van der Waals surface area contributed by atoms with Crippen molar-refractivity contribution >= 4 is 0 Å². The SMILES string of the molecule is FC(F)(F)c1cccc(-c2noc([C@@H](c3ccccc3)C3CCCC3)n2)c1. The fourth-order valence-corrected chi connectivity index (χ4v) is 3.88. The summed E-state index contributed by atoms with van der Waals surface area (Å²) in [6.45, 7) is 0. The smallest absolute Gasteiger partial charge is 0.338 e. The highest BCUT2D eigenvalue weighted by molar-refractivity contribution is 5.56. The molecule has 1 aromatic heterocycles. The molecule has 0 aliphatic heterocycles. The van der Waals surface area contributed by atoms with E-state index < -0.39 is 11.7 Å². The van der Waals surface area contributed by atoms with Crippen LogP contribution in [0.25, 0.3) is 11.4 Å². The van der Waals surface area contributed by atoms with Crippen molar-refractivity contribution in [1.82, 2.24) is 10.1 Å². The summed E-state index contributed by atoms with van der Waals surface area (Å²) in [6, 6.07) is 15.0. The van der Waals surface area contributed by atoms with Gasteiger partial charge >= 0.3 is 6.18 Å². The molecule has 0 bridgehead atoms. The van der Waals surface area contributed by atoms with Gasteiger partial charge in [0.2, 0.25) is 11.7 Å². The van der Waals surface area contributed by atoms with Gasteiger partial charge in [0.25, 0.3) is 0 Å². The molecule has 27 heavy (non-hydrogen) atoms. The molecule has 1 heterocycles. The first kappa shape index (κ1) is 17.8. The predicted molar refractivity (Wildman–Crippen MR) is 95.0 cm³/mol. The van der Waals surface area contributed by atoms with E-state index in [2.05, 4.69) is 10.1 Å². The third-order valence-corrected chi connectivity index (χ3v) is 5.19. The molecule has 140 valence electrons. The summed E-state index contributed by atoms with van der Waals surface area (Å²) >= 11 is 0. The van der Waals surface area contributed by atoms with Gasteiger partial charge < -0.3 is 4.52 Å². The first-order valence-corrected chi connectivity index (χ1v) is 9.08. The van der Waals surface area contributed by atoms with Gasteiger partial charge in [0.15, 0.2) is 0 Å². The van der Waals surface area contributed by atoms with E-state index in [-0.39, 0.29) is 11.7 Å². The van der Waals surface area contributed by atoms with E-state index >= 15 is 0 Å². The van der Waals surface area contributed by atoms with Crippen molar-refractivity contribution in [2.45, 2.75) is 37.8 Å². The van der Waals surface area contributed by atoms with Gasteiger partial charge in [-0.05, 0) is 36.5 Å². The molecule has 4 rings (SSSR count). The molecule has 1 aliphatic carbocycles. The van der Waals surface area contributed by atoms with Crippen LogP contribution < -0.4 is 0 Å². The first-order valence-electron chi connectivity index (χ1n) is 9.08. The third kappa shape index (κ3) is 3.75. The van der Waals surface area contributed by atoms with Crippen LogP contribution in [-0.2, 0) is 6.18 Å². The van der Waals surface area contributed by atoms with Gasteiger partial charge in [-0.15, -0.1) is 0 Å². The molecule has 0 unspecified atom stereocenters. The number of nitrogens with zero attached hydrogens (tertiary/aromatic N) is 2. The van der Waals surface area contributed by atoms with Gasteiger partial charge in [-0.2, -0.15) is 18.2 Å². The summed E-state index contributed by atoms with van der Waals surface area (Å²) in [7, 11) is 0. The van der Waals surface area contributed by atoms with E-state index in [0.717, 1.165) is 30.5 Å². The van der Waals surface area contributed by atoms with Crippen LogP contribution in [0, 0.1) is 5.92 Å². The van der Waals surface area contributed by atoms with Crippen LogP contribution in [0.5, 0.6) is 0 Å². The molecule has 2 aromatic carbocycles. The number of hydrogen-bond acceptors (Lipinski definition) is 3. The van der Waals surface area contributed by atoms with Crippen molar-refractivity contribution in [3.8, 4) is 11.4 Å². The number of halogens is 3. The van der Waals surface area contributed by atoms with Crippen LogP contribution in [0.1, 0.15) is 48.6 Å². The molecule has 0 radical (unpaired) electrons. The minimum atomic E-state index is -4.40. The lowest BCUT2D eigenvalue weighted by molar-refractivity contribution is -0.137. The second-order valence-electron chi connectivity index (χ2n) is 6.97. The third-order valence-electron chi connectivity index (χ3n) is 5.19. The van der Waals surface area contributed by atoms with Crippen LogP contribution in [0.3, 0.4) is 0 Å². The second kappa shape index (κ2) is 7.18. The van der Waals surface area contributed by atoms with E-state index in [1.54, 1.807) is 6.07 Å². The van der Waals surface area contributed by atoms with E-state index in [1.807, 2.05) is 30.3 Å². The minimum absolute atomic E-state index is 0.0271. The Balaban J connectivity index is 1.69. The van der Waals surface area contributed by atoms with Crippen molar-refractivity contribution in [1.29, 1.82) is 0 Å². The molecule has 0 spiro atoms. The van der Waals surface area contributed by atoms with E-state index in [9.17, 15) is 13.2 Å². The molecule has 0 saturated heterocycles.